The van der Waals surface area contributed by atoms with Gasteiger partial charge < -0.3 is 9.47 Å². The zero-order valence-electron chi connectivity index (χ0n) is 12.2. The standard InChI is InChI=1S/C15H23ClO3/c1-10(16)7-9-15-8-5-6-11(15)18-13(14(2,3)4)19-12(15)17/h7,11,13H,5-6,8-9H2,1-4H3/b10-7+. The summed E-state index contributed by atoms with van der Waals surface area (Å²) in [5.74, 6) is -0.115. The number of ether oxygens (including phenoxy) is 2. The van der Waals surface area contributed by atoms with Gasteiger partial charge in [0.15, 0.2) is 0 Å². The van der Waals surface area contributed by atoms with Gasteiger partial charge in [0.1, 0.15) is 0 Å². The van der Waals surface area contributed by atoms with Crippen molar-refractivity contribution in [3.63, 3.8) is 0 Å². The van der Waals surface area contributed by atoms with Crippen molar-refractivity contribution in [1.82, 2.24) is 0 Å². The number of rotatable bonds is 2. The summed E-state index contributed by atoms with van der Waals surface area (Å²) in [6.45, 7) is 7.90. The number of fused-ring (bicyclic) bond motifs is 1. The fourth-order valence-corrected chi connectivity index (χ4v) is 2.96. The minimum absolute atomic E-state index is 0.0368. The maximum absolute atomic E-state index is 12.5. The van der Waals surface area contributed by atoms with Crippen LogP contribution >= 0.6 is 11.6 Å². The molecular formula is C15H23ClO3. The van der Waals surface area contributed by atoms with Gasteiger partial charge in [-0.2, -0.15) is 0 Å². The van der Waals surface area contributed by atoms with Gasteiger partial charge >= 0.3 is 5.97 Å². The van der Waals surface area contributed by atoms with Crippen LogP contribution in [0.15, 0.2) is 11.1 Å². The molecule has 108 valence electrons. The summed E-state index contributed by atoms with van der Waals surface area (Å²) in [5, 5.41) is 0.714. The van der Waals surface area contributed by atoms with Crippen LogP contribution in [0.3, 0.4) is 0 Å². The lowest BCUT2D eigenvalue weighted by molar-refractivity contribution is -0.269. The van der Waals surface area contributed by atoms with Crippen LogP contribution in [0.1, 0.15) is 53.4 Å². The number of cyclic esters (lactones) is 1. The average Bonchev–Trinajstić information content (AvgIpc) is 2.69. The van der Waals surface area contributed by atoms with Gasteiger partial charge in [-0.1, -0.05) is 38.4 Å². The van der Waals surface area contributed by atoms with Crippen molar-refractivity contribution in [2.45, 2.75) is 65.8 Å². The largest absolute Gasteiger partial charge is 0.435 e. The highest BCUT2D eigenvalue weighted by Gasteiger charge is 2.56. The van der Waals surface area contributed by atoms with E-state index in [0.717, 1.165) is 19.3 Å². The van der Waals surface area contributed by atoms with Crippen molar-refractivity contribution in [1.29, 1.82) is 0 Å². The predicted molar refractivity (Wildman–Crippen MR) is 74.7 cm³/mol. The Kier molecular flexibility index (Phi) is 3.99. The summed E-state index contributed by atoms with van der Waals surface area (Å²) in [4.78, 5) is 12.5. The molecule has 2 rings (SSSR count). The van der Waals surface area contributed by atoms with E-state index in [9.17, 15) is 4.79 Å². The lowest BCUT2D eigenvalue weighted by Gasteiger charge is -2.44. The molecule has 0 aromatic rings. The number of allylic oxidation sites excluding steroid dienone is 2. The molecule has 1 saturated carbocycles. The van der Waals surface area contributed by atoms with Crippen molar-refractivity contribution in [2.75, 3.05) is 0 Å². The lowest BCUT2D eigenvalue weighted by atomic mass is 9.79. The Morgan fingerprint density at radius 2 is 2.21 bits per heavy atom. The molecule has 1 aliphatic carbocycles. The number of halogens is 1. The van der Waals surface area contributed by atoms with E-state index < -0.39 is 11.7 Å². The van der Waals surface area contributed by atoms with E-state index in [4.69, 9.17) is 21.1 Å². The van der Waals surface area contributed by atoms with Crippen LogP contribution in [0.5, 0.6) is 0 Å². The molecule has 0 amide bonds. The minimum Gasteiger partial charge on any atom is -0.435 e. The predicted octanol–water partition coefficient (Wildman–Crippen LogP) is 4.00. The van der Waals surface area contributed by atoms with Crippen LogP contribution in [-0.4, -0.2) is 18.4 Å². The Morgan fingerprint density at radius 1 is 1.53 bits per heavy atom. The Balaban J connectivity index is 2.21. The SMILES string of the molecule is C/C(Cl)=C\CC12CCCC1OC(C(C)(C)C)OC2=O. The van der Waals surface area contributed by atoms with Crippen LogP contribution in [0.2, 0.25) is 0 Å². The minimum atomic E-state index is -0.516. The van der Waals surface area contributed by atoms with E-state index in [2.05, 4.69) is 0 Å². The third kappa shape index (κ3) is 2.82. The monoisotopic (exact) mass is 286 g/mol. The third-order valence-electron chi connectivity index (χ3n) is 4.07. The first-order valence-corrected chi connectivity index (χ1v) is 7.32. The van der Waals surface area contributed by atoms with Gasteiger partial charge in [-0.15, -0.1) is 0 Å². The van der Waals surface area contributed by atoms with E-state index in [1.807, 2.05) is 33.8 Å². The van der Waals surface area contributed by atoms with Gasteiger partial charge in [0.25, 0.3) is 0 Å². The molecule has 0 aromatic carbocycles. The van der Waals surface area contributed by atoms with Crippen molar-refractivity contribution in [3.8, 4) is 0 Å². The summed E-state index contributed by atoms with van der Waals surface area (Å²) in [7, 11) is 0. The fourth-order valence-electron chi connectivity index (χ4n) is 2.88. The molecule has 1 heterocycles. The highest BCUT2D eigenvalue weighted by molar-refractivity contribution is 6.29. The highest BCUT2D eigenvalue weighted by atomic mass is 35.5. The summed E-state index contributed by atoms with van der Waals surface area (Å²) in [5.41, 5.74) is -0.708. The first-order valence-electron chi connectivity index (χ1n) is 6.94. The normalized spacial score (nSPS) is 36.1. The van der Waals surface area contributed by atoms with Crippen LogP contribution < -0.4 is 0 Å². The Labute approximate surface area is 120 Å². The summed E-state index contributed by atoms with van der Waals surface area (Å²) >= 11 is 5.90. The lowest BCUT2D eigenvalue weighted by Crippen LogP contribution is -2.53. The molecule has 1 aliphatic heterocycles. The number of carbonyl (C=O) groups excluding carboxylic acids is 1. The molecule has 1 saturated heterocycles. The third-order valence-corrected chi connectivity index (χ3v) is 4.22. The van der Waals surface area contributed by atoms with Crippen molar-refractivity contribution in [2.24, 2.45) is 10.8 Å². The first-order chi connectivity index (χ1) is 8.75. The number of hydrogen-bond acceptors (Lipinski definition) is 3. The fraction of sp³-hybridized carbons (Fsp3) is 0.800. The molecule has 0 spiro atoms. The molecule has 0 N–H and O–H groups in total. The number of hydrogen-bond donors (Lipinski definition) is 0. The van der Waals surface area contributed by atoms with E-state index >= 15 is 0 Å². The zero-order chi connectivity index (χ0) is 14.3. The first kappa shape index (κ1) is 14.9. The molecule has 0 aromatic heterocycles. The quantitative estimate of drug-likeness (QED) is 0.720. The number of carbonyl (C=O) groups is 1. The van der Waals surface area contributed by atoms with Crippen LogP contribution in [0, 0.1) is 10.8 Å². The summed E-state index contributed by atoms with van der Waals surface area (Å²) < 4.78 is 11.6. The van der Waals surface area contributed by atoms with Crippen LogP contribution in [-0.2, 0) is 14.3 Å². The second-order valence-electron chi connectivity index (χ2n) is 6.77. The van der Waals surface area contributed by atoms with Crippen LogP contribution in [0.4, 0.5) is 0 Å². The zero-order valence-corrected chi connectivity index (χ0v) is 12.9. The van der Waals surface area contributed by atoms with E-state index in [1.54, 1.807) is 0 Å². The molecule has 0 bridgehead atoms. The van der Waals surface area contributed by atoms with Crippen molar-refractivity contribution >= 4 is 17.6 Å². The van der Waals surface area contributed by atoms with Gasteiger partial charge in [0.05, 0.1) is 11.5 Å². The van der Waals surface area contributed by atoms with Gasteiger partial charge in [-0.05, 0) is 32.6 Å². The second kappa shape index (κ2) is 5.10. The molecule has 2 aliphatic rings. The maximum Gasteiger partial charge on any atom is 0.317 e. The van der Waals surface area contributed by atoms with Crippen molar-refractivity contribution in [3.05, 3.63) is 11.1 Å². The number of esters is 1. The molecule has 3 unspecified atom stereocenters. The Morgan fingerprint density at radius 3 is 2.79 bits per heavy atom. The summed E-state index contributed by atoms with van der Waals surface area (Å²) in [6, 6.07) is 0. The van der Waals surface area contributed by atoms with Gasteiger partial charge in [-0.25, -0.2) is 0 Å². The van der Waals surface area contributed by atoms with E-state index in [0.29, 0.717) is 11.5 Å². The van der Waals surface area contributed by atoms with E-state index in [1.165, 1.54) is 0 Å². The van der Waals surface area contributed by atoms with Gasteiger partial charge in [-0.3, -0.25) is 4.79 Å². The topological polar surface area (TPSA) is 35.5 Å². The van der Waals surface area contributed by atoms with Crippen molar-refractivity contribution < 1.29 is 14.3 Å². The Bertz CT molecular complexity index is 393. The van der Waals surface area contributed by atoms with Gasteiger partial charge in [0.2, 0.25) is 6.29 Å². The second-order valence-corrected chi connectivity index (χ2v) is 7.37. The molecule has 3 nitrogen and oxygen atoms in total. The maximum atomic E-state index is 12.5. The highest BCUT2D eigenvalue weighted by Crippen LogP contribution is 2.49. The molecule has 19 heavy (non-hydrogen) atoms. The summed E-state index contributed by atoms with van der Waals surface area (Å²) in [6.07, 6.45) is 4.80. The molecule has 0 radical (unpaired) electrons. The smallest absolute Gasteiger partial charge is 0.317 e. The molecule has 4 heteroatoms. The molecular weight excluding hydrogens is 264 g/mol. The average molecular weight is 287 g/mol. The van der Waals surface area contributed by atoms with Crippen LogP contribution in [0.25, 0.3) is 0 Å². The molecule has 3 atom stereocenters. The van der Waals surface area contributed by atoms with E-state index in [-0.39, 0.29) is 17.5 Å². The van der Waals surface area contributed by atoms with Gasteiger partial charge in [0, 0.05) is 10.4 Å². The Hall–Kier alpha value is -0.540. The molecule has 2 fully saturated rings.